The number of nitrogens with zero attached hydrogens (tertiary/aromatic N) is 3. The standard InChI is InChI=1S/C16H12N4O4S/c21-15(9-24-14-6-2-1-5-13(14)20(22)23)19-16-18-12(10-25-16)11-4-3-7-17-8-11/h1-8,10H,9H2,(H,18,19,21). The Kier molecular flexibility index (Phi) is 4.95. The highest BCUT2D eigenvalue weighted by atomic mass is 32.1. The van der Waals surface area contributed by atoms with Crippen molar-refractivity contribution < 1.29 is 14.5 Å². The van der Waals surface area contributed by atoms with Crippen LogP contribution in [-0.2, 0) is 4.79 Å². The van der Waals surface area contributed by atoms with Crippen molar-refractivity contribution >= 4 is 28.1 Å². The average Bonchev–Trinajstić information content (AvgIpc) is 3.09. The maximum absolute atomic E-state index is 12.0. The van der Waals surface area contributed by atoms with Crippen LogP contribution >= 0.6 is 11.3 Å². The van der Waals surface area contributed by atoms with Crippen molar-refractivity contribution in [1.29, 1.82) is 0 Å². The second-order valence-corrected chi connectivity index (χ2v) is 5.70. The van der Waals surface area contributed by atoms with Crippen LogP contribution in [0.25, 0.3) is 11.3 Å². The van der Waals surface area contributed by atoms with E-state index in [1.165, 1.54) is 29.5 Å². The predicted molar refractivity (Wildman–Crippen MR) is 92.6 cm³/mol. The van der Waals surface area contributed by atoms with Gasteiger partial charge in [0, 0.05) is 29.4 Å². The van der Waals surface area contributed by atoms with Gasteiger partial charge in [0.2, 0.25) is 0 Å². The van der Waals surface area contributed by atoms with Gasteiger partial charge in [-0.05, 0) is 18.2 Å². The minimum absolute atomic E-state index is 0.0397. The third-order valence-corrected chi connectivity index (χ3v) is 3.89. The van der Waals surface area contributed by atoms with Crippen LogP contribution in [0.4, 0.5) is 10.8 Å². The van der Waals surface area contributed by atoms with Gasteiger partial charge in [-0.25, -0.2) is 4.98 Å². The SMILES string of the molecule is O=C(COc1ccccc1[N+](=O)[O-])Nc1nc(-c2cccnc2)cs1. The van der Waals surface area contributed by atoms with Gasteiger partial charge in [-0.15, -0.1) is 11.3 Å². The number of para-hydroxylation sites is 2. The summed E-state index contributed by atoms with van der Waals surface area (Å²) >= 11 is 1.27. The number of benzene rings is 1. The van der Waals surface area contributed by atoms with E-state index in [1.807, 2.05) is 6.07 Å². The van der Waals surface area contributed by atoms with Crippen molar-refractivity contribution in [2.24, 2.45) is 0 Å². The van der Waals surface area contributed by atoms with Gasteiger partial charge < -0.3 is 4.74 Å². The number of ether oxygens (including phenoxy) is 1. The number of thiazole rings is 1. The third-order valence-electron chi connectivity index (χ3n) is 3.13. The molecule has 25 heavy (non-hydrogen) atoms. The summed E-state index contributed by atoms with van der Waals surface area (Å²) in [4.78, 5) is 30.6. The van der Waals surface area contributed by atoms with Crippen LogP contribution < -0.4 is 10.1 Å². The van der Waals surface area contributed by atoms with Crippen molar-refractivity contribution in [3.05, 3.63) is 64.3 Å². The molecule has 2 aromatic heterocycles. The maximum atomic E-state index is 12.0. The molecule has 0 unspecified atom stereocenters. The van der Waals surface area contributed by atoms with Gasteiger partial charge in [0.05, 0.1) is 10.6 Å². The molecule has 8 nitrogen and oxygen atoms in total. The number of anilines is 1. The Morgan fingerprint density at radius 3 is 2.88 bits per heavy atom. The number of nitro groups is 1. The zero-order valence-corrected chi connectivity index (χ0v) is 13.6. The summed E-state index contributed by atoms with van der Waals surface area (Å²) in [5, 5.41) is 15.7. The fraction of sp³-hybridized carbons (Fsp3) is 0.0625. The molecule has 2 heterocycles. The molecule has 0 aliphatic heterocycles. The first-order valence-electron chi connectivity index (χ1n) is 7.15. The van der Waals surface area contributed by atoms with Gasteiger partial charge in [-0.3, -0.25) is 25.2 Å². The number of hydrogen-bond donors (Lipinski definition) is 1. The van der Waals surface area contributed by atoms with Gasteiger partial charge in [0.1, 0.15) is 0 Å². The van der Waals surface area contributed by atoms with Crippen LogP contribution in [0.1, 0.15) is 0 Å². The van der Waals surface area contributed by atoms with E-state index < -0.39 is 10.8 Å². The van der Waals surface area contributed by atoms with Crippen LogP contribution in [-0.4, -0.2) is 27.4 Å². The lowest BCUT2D eigenvalue weighted by Gasteiger charge is -2.06. The minimum atomic E-state index is -0.561. The van der Waals surface area contributed by atoms with Crippen LogP contribution in [0.5, 0.6) is 5.75 Å². The Labute approximate surface area is 146 Å². The number of pyridine rings is 1. The van der Waals surface area contributed by atoms with Gasteiger partial charge in [-0.2, -0.15) is 0 Å². The number of hydrogen-bond acceptors (Lipinski definition) is 7. The van der Waals surface area contributed by atoms with Crippen molar-refractivity contribution in [2.75, 3.05) is 11.9 Å². The second-order valence-electron chi connectivity index (χ2n) is 4.84. The summed E-state index contributed by atoms with van der Waals surface area (Å²) in [6.07, 6.45) is 3.34. The number of nitro benzene ring substituents is 1. The van der Waals surface area contributed by atoms with E-state index in [4.69, 9.17) is 4.74 Å². The first kappa shape index (κ1) is 16.5. The predicted octanol–water partition coefficient (Wildman–Crippen LogP) is 3.13. The van der Waals surface area contributed by atoms with Crippen molar-refractivity contribution in [3.63, 3.8) is 0 Å². The summed E-state index contributed by atoms with van der Waals surface area (Å²) in [6.45, 7) is -0.355. The van der Waals surface area contributed by atoms with Crippen LogP contribution in [0.15, 0.2) is 54.2 Å². The quantitative estimate of drug-likeness (QED) is 0.537. The Morgan fingerprint density at radius 1 is 1.28 bits per heavy atom. The van der Waals surface area contributed by atoms with Crippen molar-refractivity contribution in [3.8, 4) is 17.0 Å². The summed E-state index contributed by atoms with van der Waals surface area (Å²) in [7, 11) is 0. The summed E-state index contributed by atoms with van der Waals surface area (Å²) < 4.78 is 5.24. The average molecular weight is 356 g/mol. The summed E-state index contributed by atoms with van der Waals surface area (Å²) in [5.74, 6) is -0.414. The van der Waals surface area contributed by atoms with Crippen LogP contribution in [0.2, 0.25) is 0 Å². The molecular formula is C16H12N4O4S. The molecule has 1 amide bonds. The summed E-state index contributed by atoms with van der Waals surface area (Å²) in [6, 6.07) is 9.55. The number of carbonyl (C=O) groups excluding carboxylic acids is 1. The molecule has 126 valence electrons. The number of amides is 1. The molecule has 1 N–H and O–H groups in total. The van der Waals surface area contributed by atoms with E-state index in [0.29, 0.717) is 10.8 Å². The highest BCUT2D eigenvalue weighted by Crippen LogP contribution is 2.26. The van der Waals surface area contributed by atoms with Crippen molar-refractivity contribution in [2.45, 2.75) is 0 Å². The van der Waals surface area contributed by atoms with Crippen LogP contribution in [0, 0.1) is 10.1 Å². The van der Waals surface area contributed by atoms with Gasteiger partial charge in [0.15, 0.2) is 17.5 Å². The van der Waals surface area contributed by atoms with E-state index in [1.54, 1.807) is 29.9 Å². The monoisotopic (exact) mass is 356 g/mol. The smallest absolute Gasteiger partial charge is 0.310 e. The normalized spacial score (nSPS) is 10.2. The van der Waals surface area contributed by atoms with E-state index in [9.17, 15) is 14.9 Å². The molecule has 0 saturated carbocycles. The van der Waals surface area contributed by atoms with E-state index in [0.717, 1.165) is 5.56 Å². The lowest BCUT2D eigenvalue weighted by Crippen LogP contribution is -2.20. The lowest BCUT2D eigenvalue weighted by atomic mass is 10.2. The first-order valence-corrected chi connectivity index (χ1v) is 8.03. The molecule has 0 bridgehead atoms. The zero-order chi connectivity index (χ0) is 17.6. The molecule has 0 radical (unpaired) electrons. The van der Waals surface area contributed by atoms with Gasteiger partial charge in [0.25, 0.3) is 5.91 Å². The Balaban J connectivity index is 1.61. The Hall–Kier alpha value is -3.33. The Bertz CT molecular complexity index is 898. The van der Waals surface area contributed by atoms with E-state index in [2.05, 4.69) is 15.3 Å². The molecule has 0 spiro atoms. The molecular weight excluding hydrogens is 344 g/mol. The highest BCUT2D eigenvalue weighted by Gasteiger charge is 2.15. The molecule has 0 fully saturated rings. The Morgan fingerprint density at radius 2 is 2.12 bits per heavy atom. The molecule has 1 aromatic carbocycles. The molecule has 3 rings (SSSR count). The van der Waals surface area contributed by atoms with Crippen LogP contribution in [0.3, 0.4) is 0 Å². The molecule has 0 aliphatic carbocycles. The minimum Gasteiger partial charge on any atom is -0.477 e. The zero-order valence-electron chi connectivity index (χ0n) is 12.8. The fourth-order valence-corrected chi connectivity index (χ4v) is 2.74. The topological polar surface area (TPSA) is 107 Å². The molecule has 0 aliphatic rings. The lowest BCUT2D eigenvalue weighted by molar-refractivity contribution is -0.385. The van der Waals surface area contributed by atoms with Gasteiger partial charge >= 0.3 is 5.69 Å². The highest BCUT2D eigenvalue weighted by molar-refractivity contribution is 7.14. The largest absolute Gasteiger partial charge is 0.477 e. The summed E-state index contributed by atoms with van der Waals surface area (Å²) in [5.41, 5.74) is 1.35. The molecule has 0 atom stereocenters. The maximum Gasteiger partial charge on any atom is 0.310 e. The van der Waals surface area contributed by atoms with Crippen molar-refractivity contribution in [1.82, 2.24) is 9.97 Å². The molecule has 0 saturated heterocycles. The first-order chi connectivity index (χ1) is 12.1. The third kappa shape index (κ3) is 4.15. The molecule has 3 aromatic rings. The number of aromatic nitrogens is 2. The van der Waals surface area contributed by atoms with E-state index >= 15 is 0 Å². The second kappa shape index (κ2) is 7.49. The molecule has 9 heteroatoms. The van der Waals surface area contributed by atoms with E-state index in [-0.39, 0.29) is 18.0 Å². The number of rotatable bonds is 6. The number of carbonyl (C=O) groups is 1. The number of nitrogens with one attached hydrogen (secondary N) is 1. The fourth-order valence-electron chi connectivity index (χ4n) is 2.01. The van der Waals surface area contributed by atoms with Gasteiger partial charge in [-0.1, -0.05) is 12.1 Å².